The molecule has 0 bridgehead atoms. The molecule has 16 heavy (non-hydrogen) atoms. The first-order valence-electron chi connectivity index (χ1n) is 5.79. The molecule has 5 nitrogen and oxygen atoms in total. The third-order valence-electron chi connectivity index (χ3n) is 3.16. The average Bonchev–Trinajstić information content (AvgIpc) is 2.69. The molecule has 0 radical (unpaired) electrons. The number of aliphatic hydroxyl groups excluding tert-OH is 1. The Bertz CT molecular complexity index is 234. The first-order valence-corrected chi connectivity index (χ1v) is 5.79. The first-order chi connectivity index (χ1) is 7.64. The summed E-state index contributed by atoms with van der Waals surface area (Å²) in [5.74, 6) is -0.887. The van der Waals surface area contributed by atoms with Gasteiger partial charge in [-0.1, -0.05) is 0 Å². The van der Waals surface area contributed by atoms with Gasteiger partial charge in [-0.25, -0.2) is 0 Å². The van der Waals surface area contributed by atoms with Gasteiger partial charge in [-0.2, -0.15) is 0 Å². The van der Waals surface area contributed by atoms with Crippen LogP contribution in [-0.2, 0) is 9.53 Å². The molecule has 2 N–H and O–H groups in total. The summed E-state index contributed by atoms with van der Waals surface area (Å²) in [6.45, 7) is 5.15. The van der Waals surface area contributed by atoms with Crippen molar-refractivity contribution in [3.05, 3.63) is 0 Å². The SMILES string of the molecule is CCOCCCN1CCC(CO)(C(=O)O)C1. The standard InChI is InChI=1S/C11H21NO4/c1-2-16-7-3-5-12-6-4-11(8-12,9-13)10(14)15/h13H,2-9H2,1H3,(H,14,15). The van der Waals surface area contributed by atoms with Crippen LogP contribution in [0.1, 0.15) is 19.8 Å². The number of hydrogen-bond donors (Lipinski definition) is 2. The number of nitrogens with zero attached hydrogens (tertiary/aromatic N) is 1. The maximum atomic E-state index is 11.1. The van der Waals surface area contributed by atoms with Crippen LogP contribution in [0.25, 0.3) is 0 Å². The number of aliphatic carboxylic acids is 1. The molecule has 94 valence electrons. The summed E-state index contributed by atoms with van der Waals surface area (Å²) in [6, 6.07) is 0. The van der Waals surface area contributed by atoms with E-state index in [0.29, 0.717) is 19.6 Å². The van der Waals surface area contributed by atoms with Crippen molar-refractivity contribution in [3.8, 4) is 0 Å². The lowest BCUT2D eigenvalue weighted by atomic mass is 9.88. The highest BCUT2D eigenvalue weighted by Gasteiger charge is 2.44. The second-order valence-electron chi connectivity index (χ2n) is 4.32. The summed E-state index contributed by atoms with van der Waals surface area (Å²) in [5.41, 5.74) is -0.939. The molecule has 1 heterocycles. The zero-order valence-electron chi connectivity index (χ0n) is 9.81. The minimum atomic E-state index is -0.939. The fraction of sp³-hybridized carbons (Fsp3) is 0.909. The Labute approximate surface area is 96.0 Å². The number of carboxylic acid groups (broad SMARTS) is 1. The number of aliphatic hydroxyl groups is 1. The van der Waals surface area contributed by atoms with E-state index in [4.69, 9.17) is 9.84 Å². The molecule has 0 aromatic heterocycles. The molecule has 5 heteroatoms. The van der Waals surface area contributed by atoms with E-state index >= 15 is 0 Å². The molecule has 1 aliphatic heterocycles. The van der Waals surface area contributed by atoms with Gasteiger partial charge in [0, 0.05) is 26.3 Å². The van der Waals surface area contributed by atoms with E-state index in [1.54, 1.807) is 0 Å². The zero-order chi connectivity index (χ0) is 12.0. The Balaban J connectivity index is 2.31. The first kappa shape index (κ1) is 13.4. The molecule has 1 fully saturated rings. The molecular weight excluding hydrogens is 210 g/mol. The maximum Gasteiger partial charge on any atom is 0.313 e. The van der Waals surface area contributed by atoms with Crippen molar-refractivity contribution in [1.29, 1.82) is 0 Å². The van der Waals surface area contributed by atoms with E-state index in [1.807, 2.05) is 6.92 Å². The Kier molecular flexibility index (Phi) is 5.18. The fourth-order valence-corrected chi connectivity index (χ4v) is 2.05. The van der Waals surface area contributed by atoms with Gasteiger partial charge in [-0.15, -0.1) is 0 Å². The van der Waals surface area contributed by atoms with Crippen LogP contribution in [0.3, 0.4) is 0 Å². The fourth-order valence-electron chi connectivity index (χ4n) is 2.05. The van der Waals surface area contributed by atoms with Crippen LogP contribution in [-0.4, -0.2) is 60.5 Å². The van der Waals surface area contributed by atoms with Crippen molar-refractivity contribution >= 4 is 5.97 Å². The minimum absolute atomic E-state index is 0.274. The molecule has 0 spiro atoms. The van der Waals surface area contributed by atoms with E-state index < -0.39 is 11.4 Å². The normalized spacial score (nSPS) is 26.1. The Morgan fingerprint density at radius 2 is 2.31 bits per heavy atom. The second kappa shape index (κ2) is 6.18. The average molecular weight is 231 g/mol. The highest BCUT2D eigenvalue weighted by molar-refractivity contribution is 5.75. The van der Waals surface area contributed by atoms with Gasteiger partial charge in [0.05, 0.1) is 6.61 Å². The summed E-state index contributed by atoms with van der Waals surface area (Å²) in [4.78, 5) is 13.2. The second-order valence-corrected chi connectivity index (χ2v) is 4.32. The van der Waals surface area contributed by atoms with E-state index in [1.165, 1.54) is 0 Å². The molecular formula is C11H21NO4. The third-order valence-corrected chi connectivity index (χ3v) is 3.16. The van der Waals surface area contributed by atoms with Gasteiger partial charge in [0.1, 0.15) is 5.41 Å². The maximum absolute atomic E-state index is 11.1. The predicted molar refractivity (Wildman–Crippen MR) is 59.3 cm³/mol. The Morgan fingerprint density at radius 1 is 1.56 bits per heavy atom. The van der Waals surface area contributed by atoms with Crippen LogP contribution < -0.4 is 0 Å². The van der Waals surface area contributed by atoms with Crippen LogP contribution in [0.2, 0.25) is 0 Å². The molecule has 0 aliphatic carbocycles. The van der Waals surface area contributed by atoms with Crippen molar-refractivity contribution in [2.24, 2.45) is 5.41 Å². The van der Waals surface area contributed by atoms with Gasteiger partial charge in [-0.3, -0.25) is 4.79 Å². The molecule has 0 saturated carbocycles. The lowest BCUT2D eigenvalue weighted by molar-refractivity contribution is -0.150. The smallest absolute Gasteiger partial charge is 0.313 e. The van der Waals surface area contributed by atoms with Gasteiger partial charge in [0.25, 0.3) is 0 Å². The van der Waals surface area contributed by atoms with Gasteiger partial charge < -0.3 is 19.8 Å². The molecule has 1 saturated heterocycles. The number of carbonyl (C=O) groups is 1. The monoisotopic (exact) mass is 231 g/mol. The number of carboxylic acids is 1. The van der Waals surface area contributed by atoms with Crippen LogP contribution in [0.15, 0.2) is 0 Å². The van der Waals surface area contributed by atoms with Crippen LogP contribution >= 0.6 is 0 Å². The minimum Gasteiger partial charge on any atom is -0.481 e. The van der Waals surface area contributed by atoms with Crippen LogP contribution in [0, 0.1) is 5.41 Å². The van der Waals surface area contributed by atoms with Gasteiger partial charge in [0.15, 0.2) is 0 Å². The number of likely N-dealkylation sites (tertiary alicyclic amines) is 1. The highest BCUT2D eigenvalue weighted by atomic mass is 16.5. The van der Waals surface area contributed by atoms with Crippen LogP contribution in [0.4, 0.5) is 0 Å². The quantitative estimate of drug-likeness (QED) is 0.612. The zero-order valence-corrected chi connectivity index (χ0v) is 9.81. The Morgan fingerprint density at radius 3 is 2.81 bits per heavy atom. The third kappa shape index (κ3) is 3.17. The predicted octanol–water partition coefficient (Wildman–Crippen LogP) is 0.182. The van der Waals surface area contributed by atoms with E-state index in [0.717, 1.165) is 26.1 Å². The number of hydrogen-bond acceptors (Lipinski definition) is 4. The lowest BCUT2D eigenvalue weighted by Gasteiger charge is -2.22. The number of rotatable bonds is 7. The van der Waals surface area contributed by atoms with Crippen LogP contribution in [0.5, 0.6) is 0 Å². The van der Waals surface area contributed by atoms with Crippen molar-refractivity contribution in [3.63, 3.8) is 0 Å². The topological polar surface area (TPSA) is 70.0 Å². The number of ether oxygens (including phenoxy) is 1. The van der Waals surface area contributed by atoms with Crippen molar-refractivity contribution in [2.75, 3.05) is 39.5 Å². The van der Waals surface area contributed by atoms with Gasteiger partial charge in [-0.05, 0) is 26.3 Å². The Hall–Kier alpha value is -0.650. The van der Waals surface area contributed by atoms with Crippen molar-refractivity contribution < 1.29 is 19.7 Å². The molecule has 1 unspecified atom stereocenters. The molecule has 0 aromatic carbocycles. The van der Waals surface area contributed by atoms with E-state index in [-0.39, 0.29) is 6.61 Å². The van der Waals surface area contributed by atoms with E-state index in [9.17, 15) is 9.90 Å². The lowest BCUT2D eigenvalue weighted by Crippen LogP contribution is -2.38. The summed E-state index contributed by atoms with van der Waals surface area (Å²) < 4.78 is 5.23. The highest BCUT2D eigenvalue weighted by Crippen LogP contribution is 2.30. The van der Waals surface area contributed by atoms with Crippen molar-refractivity contribution in [2.45, 2.75) is 19.8 Å². The summed E-state index contributed by atoms with van der Waals surface area (Å²) >= 11 is 0. The summed E-state index contributed by atoms with van der Waals surface area (Å²) in [6.07, 6.45) is 1.45. The van der Waals surface area contributed by atoms with Gasteiger partial charge in [0.2, 0.25) is 0 Å². The van der Waals surface area contributed by atoms with E-state index in [2.05, 4.69) is 4.90 Å². The molecule has 0 aromatic rings. The largest absolute Gasteiger partial charge is 0.481 e. The molecule has 1 aliphatic rings. The molecule has 0 amide bonds. The molecule has 1 rings (SSSR count). The van der Waals surface area contributed by atoms with Crippen molar-refractivity contribution in [1.82, 2.24) is 4.90 Å². The molecule has 1 atom stereocenters. The van der Waals surface area contributed by atoms with Gasteiger partial charge >= 0.3 is 5.97 Å². The summed E-state index contributed by atoms with van der Waals surface area (Å²) in [7, 11) is 0. The summed E-state index contributed by atoms with van der Waals surface area (Å²) in [5, 5.41) is 18.3.